The number of benzene rings is 2. The van der Waals surface area contributed by atoms with E-state index in [0.29, 0.717) is 22.8 Å². The minimum atomic E-state index is -0.306. The maximum atomic E-state index is 13.6. The highest BCUT2D eigenvalue weighted by Gasteiger charge is 2.22. The van der Waals surface area contributed by atoms with Crippen molar-refractivity contribution in [1.29, 1.82) is 0 Å². The highest BCUT2D eigenvalue weighted by Crippen LogP contribution is 2.30. The van der Waals surface area contributed by atoms with E-state index >= 15 is 0 Å². The molecule has 30 heavy (non-hydrogen) atoms. The second kappa shape index (κ2) is 10.00. The van der Waals surface area contributed by atoms with E-state index in [-0.39, 0.29) is 17.8 Å². The van der Waals surface area contributed by atoms with Crippen molar-refractivity contribution in [3.05, 3.63) is 53.8 Å². The Hall–Kier alpha value is -2.51. The van der Waals surface area contributed by atoms with Gasteiger partial charge in [0.2, 0.25) is 0 Å². The first-order chi connectivity index (χ1) is 14.4. The van der Waals surface area contributed by atoms with Gasteiger partial charge in [-0.05, 0) is 69.4 Å². The molecule has 3 rings (SSSR count). The summed E-state index contributed by atoms with van der Waals surface area (Å²) in [4.78, 5) is 21.9. The second-order valence-electron chi connectivity index (χ2n) is 7.28. The minimum absolute atomic E-state index is 0.0697. The van der Waals surface area contributed by atoms with E-state index in [1.165, 1.54) is 23.5 Å². The number of hydrogen-bond donors (Lipinski definition) is 0. The number of nitrogens with zero attached hydrogens (tertiary/aromatic N) is 3. The molecular weight excluding hydrogens is 401 g/mol. The molecule has 0 aliphatic carbocycles. The molecule has 0 N–H and O–H groups in total. The normalized spacial score (nSPS) is 11.4. The van der Waals surface area contributed by atoms with Gasteiger partial charge in [-0.2, -0.15) is 0 Å². The molecule has 0 spiro atoms. The molecule has 0 atom stereocenters. The van der Waals surface area contributed by atoms with Crippen molar-refractivity contribution >= 4 is 32.6 Å². The van der Waals surface area contributed by atoms with Crippen LogP contribution in [0.15, 0.2) is 42.5 Å². The Labute approximate surface area is 181 Å². The fourth-order valence-electron chi connectivity index (χ4n) is 3.17. The predicted molar refractivity (Wildman–Crippen MR) is 121 cm³/mol. The number of carbonyl (C=O) groups excluding carboxylic acids is 1. The van der Waals surface area contributed by atoms with E-state index in [4.69, 9.17) is 4.74 Å². The van der Waals surface area contributed by atoms with Crippen molar-refractivity contribution in [2.24, 2.45) is 0 Å². The Kier molecular flexibility index (Phi) is 7.39. The number of amides is 1. The summed E-state index contributed by atoms with van der Waals surface area (Å²) in [6.07, 6.45) is 0.0697. The average molecular weight is 430 g/mol. The number of carbonyl (C=O) groups is 1. The van der Waals surface area contributed by atoms with Crippen LogP contribution in [0.2, 0.25) is 0 Å². The van der Waals surface area contributed by atoms with Crippen molar-refractivity contribution in [3.63, 3.8) is 0 Å². The van der Waals surface area contributed by atoms with Crippen LogP contribution in [-0.4, -0.2) is 48.1 Å². The van der Waals surface area contributed by atoms with Crippen LogP contribution < -0.4 is 9.64 Å². The molecular formula is C23H28FN3O2S. The van der Waals surface area contributed by atoms with E-state index in [1.807, 2.05) is 26.0 Å². The fraction of sp³-hybridized carbons (Fsp3) is 0.391. The molecule has 0 saturated carbocycles. The topological polar surface area (TPSA) is 45.7 Å². The highest BCUT2D eigenvalue weighted by molar-refractivity contribution is 7.22. The van der Waals surface area contributed by atoms with Crippen LogP contribution >= 0.6 is 11.3 Å². The lowest BCUT2D eigenvalue weighted by Gasteiger charge is -2.24. The number of fused-ring (bicyclic) bond motifs is 1. The zero-order valence-electron chi connectivity index (χ0n) is 17.9. The zero-order chi connectivity index (χ0) is 21.7. The molecule has 7 heteroatoms. The summed E-state index contributed by atoms with van der Waals surface area (Å²) in [6.45, 7) is 11.2. The van der Waals surface area contributed by atoms with E-state index in [1.54, 1.807) is 23.1 Å². The van der Waals surface area contributed by atoms with Gasteiger partial charge in [0.25, 0.3) is 5.91 Å². The molecule has 0 fully saturated rings. The molecule has 5 nitrogen and oxygen atoms in total. The molecule has 1 heterocycles. The Balaban J connectivity index is 1.90. The number of thiazole rings is 1. The van der Waals surface area contributed by atoms with Gasteiger partial charge in [-0.15, -0.1) is 0 Å². The Morgan fingerprint density at radius 1 is 1.10 bits per heavy atom. The number of ether oxygens (including phenoxy) is 1. The van der Waals surface area contributed by atoms with E-state index in [2.05, 4.69) is 23.7 Å². The summed E-state index contributed by atoms with van der Waals surface area (Å²) in [7, 11) is 0. The molecule has 1 aromatic heterocycles. The quantitative estimate of drug-likeness (QED) is 0.468. The first-order valence-corrected chi connectivity index (χ1v) is 11.1. The first-order valence-electron chi connectivity index (χ1n) is 10.3. The lowest BCUT2D eigenvalue weighted by atomic mass is 10.2. The summed E-state index contributed by atoms with van der Waals surface area (Å²) in [5.74, 6) is 0.295. The monoisotopic (exact) mass is 429 g/mol. The van der Waals surface area contributed by atoms with E-state index in [0.717, 1.165) is 30.1 Å². The van der Waals surface area contributed by atoms with Crippen molar-refractivity contribution < 1.29 is 13.9 Å². The number of anilines is 1. The molecule has 0 saturated heterocycles. The third kappa shape index (κ3) is 5.34. The third-order valence-corrected chi connectivity index (χ3v) is 5.86. The lowest BCUT2D eigenvalue weighted by Crippen LogP contribution is -2.38. The average Bonchev–Trinajstić information content (AvgIpc) is 3.13. The molecule has 3 aromatic rings. The smallest absolute Gasteiger partial charge is 0.260 e. The van der Waals surface area contributed by atoms with Crippen molar-refractivity contribution in [1.82, 2.24) is 9.88 Å². The Morgan fingerprint density at radius 2 is 1.80 bits per heavy atom. The van der Waals surface area contributed by atoms with Crippen LogP contribution in [0, 0.1) is 5.82 Å². The zero-order valence-corrected chi connectivity index (χ0v) is 18.7. The van der Waals surface area contributed by atoms with Crippen LogP contribution in [0.25, 0.3) is 10.2 Å². The lowest BCUT2D eigenvalue weighted by molar-refractivity contribution is 0.0983. The SMILES string of the molecule is CCN(CC)CCN(C(=O)c1ccc(OC(C)C)cc1)c1nc2ccc(F)cc2s1. The molecule has 0 aliphatic heterocycles. The van der Waals surface area contributed by atoms with Crippen molar-refractivity contribution in [2.45, 2.75) is 33.8 Å². The Morgan fingerprint density at radius 3 is 2.43 bits per heavy atom. The van der Waals surface area contributed by atoms with Crippen LogP contribution in [0.3, 0.4) is 0 Å². The standard InChI is InChI=1S/C23H28FN3O2S/c1-5-26(6-2)13-14-27(23-25-20-12-9-18(24)15-21(20)30-23)22(28)17-7-10-19(11-8-17)29-16(3)4/h7-12,15-16H,5-6,13-14H2,1-4H3. The first kappa shape index (κ1) is 22.2. The van der Waals surface area contributed by atoms with Gasteiger partial charge in [0.05, 0.1) is 16.3 Å². The summed E-state index contributed by atoms with van der Waals surface area (Å²) in [5, 5.41) is 0.579. The molecule has 1 amide bonds. The molecule has 2 aromatic carbocycles. The second-order valence-corrected chi connectivity index (χ2v) is 8.29. The number of likely N-dealkylation sites (N-methyl/N-ethyl adjacent to an activating group) is 1. The number of halogens is 1. The van der Waals surface area contributed by atoms with Crippen LogP contribution in [0.1, 0.15) is 38.1 Å². The van der Waals surface area contributed by atoms with E-state index < -0.39 is 0 Å². The summed E-state index contributed by atoms with van der Waals surface area (Å²) in [5.41, 5.74) is 1.26. The maximum absolute atomic E-state index is 13.6. The van der Waals surface area contributed by atoms with Crippen LogP contribution in [0.5, 0.6) is 5.75 Å². The van der Waals surface area contributed by atoms with Gasteiger partial charge in [-0.25, -0.2) is 9.37 Å². The van der Waals surface area contributed by atoms with Gasteiger partial charge in [-0.1, -0.05) is 25.2 Å². The molecule has 0 bridgehead atoms. The van der Waals surface area contributed by atoms with E-state index in [9.17, 15) is 9.18 Å². The molecule has 160 valence electrons. The summed E-state index contributed by atoms with van der Waals surface area (Å²) in [6, 6.07) is 11.7. The molecule has 0 radical (unpaired) electrons. The van der Waals surface area contributed by atoms with Crippen LogP contribution in [0.4, 0.5) is 9.52 Å². The minimum Gasteiger partial charge on any atom is -0.491 e. The largest absolute Gasteiger partial charge is 0.491 e. The number of hydrogen-bond acceptors (Lipinski definition) is 5. The summed E-state index contributed by atoms with van der Waals surface area (Å²) < 4.78 is 20.0. The highest BCUT2D eigenvalue weighted by atomic mass is 32.1. The maximum Gasteiger partial charge on any atom is 0.260 e. The predicted octanol–water partition coefficient (Wildman–Crippen LogP) is 5.21. The van der Waals surface area contributed by atoms with Gasteiger partial charge in [0.1, 0.15) is 11.6 Å². The van der Waals surface area contributed by atoms with Gasteiger partial charge in [-0.3, -0.25) is 9.69 Å². The van der Waals surface area contributed by atoms with Gasteiger partial charge < -0.3 is 9.64 Å². The van der Waals surface area contributed by atoms with Crippen molar-refractivity contribution in [3.8, 4) is 5.75 Å². The molecule has 0 aliphatic rings. The van der Waals surface area contributed by atoms with Gasteiger partial charge in [0.15, 0.2) is 5.13 Å². The van der Waals surface area contributed by atoms with Crippen molar-refractivity contribution in [2.75, 3.05) is 31.1 Å². The van der Waals surface area contributed by atoms with Crippen LogP contribution in [-0.2, 0) is 0 Å². The third-order valence-electron chi connectivity index (χ3n) is 4.82. The number of aromatic nitrogens is 1. The van der Waals surface area contributed by atoms with Gasteiger partial charge >= 0.3 is 0 Å². The Bertz CT molecular complexity index is 984. The van der Waals surface area contributed by atoms with Gasteiger partial charge in [0, 0.05) is 18.7 Å². The molecule has 0 unspecified atom stereocenters. The fourth-order valence-corrected chi connectivity index (χ4v) is 4.19. The number of rotatable bonds is 9. The summed E-state index contributed by atoms with van der Waals surface area (Å²) >= 11 is 1.33.